The maximum Gasteiger partial charge on any atom is 0.308 e. The minimum atomic E-state index is -0.745. The highest BCUT2D eigenvalue weighted by Gasteiger charge is 2.29. The molecule has 0 amide bonds. The van der Waals surface area contributed by atoms with Crippen LogP contribution in [0.4, 0.5) is 17.3 Å². The maximum absolute atomic E-state index is 11.4. The highest BCUT2D eigenvalue weighted by Crippen LogP contribution is 2.35. The molecule has 1 aliphatic rings. The Bertz CT molecular complexity index is 688. The van der Waals surface area contributed by atoms with Gasteiger partial charge >= 0.3 is 5.97 Å². The standard InChI is InChI=1S/C18H22N4O2/c1-22(15-5-3-2-4-6-15)17-10-16(20-12-21-17)19-11-14(18(23)24)9-13-7-8-13/h2-6,10,12-14H,7-9,11H2,1H3,(H,23,24)(H,19,20,21). The maximum atomic E-state index is 11.4. The molecule has 0 aliphatic heterocycles. The molecule has 6 heteroatoms. The number of para-hydroxylation sites is 1. The molecule has 0 bridgehead atoms. The largest absolute Gasteiger partial charge is 0.481 e. The average Bonchev–Trinajstić information content (AvgIpc) is 3.43. The Balaban J connectivity index is 1.65. The molecule has 1 unspecified atom stereocenters. The van der Waals surface area contributed by atoms with Crippen molar-refractivity contribution >= 4 is 23.3 Å². The summed E-state index contributed by atoms with van der Waals surface area (Å²) in [5.41, 5.74) is 1.03. The molecular weight excluding hydrogens is 304 g/mol. The molecule has 1 saturated carbocycles. The summed E-state index contributed by atoms with van der Waals surface area (Å²) in [6, 6.07) is 11.8. The topological polar surface area (TPSA) is 78.4 Å². The summed E-state index contributed by atoms with van der Waals surface area (Å²) >= 11 is 0. The molecule has 1 aromatic heterocycles. The van der Waals surface area contributed by atoms with Crippen molar-refractivity contribution in [2.75, 3.05) is 23.8 Å². The number of hydrogen-bond acceptors (Lipinski definition) is 5. The number of aromatic nitrogens is 2. The van der Waals surface area contributed by atoms with Gasteiger partial charge in [-0.05, 0) is 24.5 Å². The minimum Gasteiger partial charge on any atom is -0.481 e. The van der Waals surface area contributed by atoms with Gasteiger partial charge in [-0.1, -0.05) is 31.0 Å². The Morgan fingerprint density at radius 2 is 2.08 bits per heavy atom. The normalized spacial score (nSPS) is 14.9. The van der Waals surface area contributed by atoms with Crippen molar-refractivity contribution in [1.29, 1.82) is 0 Å². The molecule has 0 radical (unpaired) electrons. The predicted molar refractivity (Wildman–Crippen MR) is 93.5 cm³/mol. The fourth-order valence-corrected chi connectivity index (χ4v) is 2.67. The molecule has 2 aromatic rings. The van der Waals surface area contributed by atoms with E-state index in [0.717, 1.165) is 30.8 Å². The van der Waals surface area contributed by atoms with Gasteiger partial charge < -0.3 is 15.3 Å². The second kappa shape index (κ2) is 7.29. The van der Waals surface area contributed by atoms with Crippen LogP contribution in [0.5, 0.6) is 0 Å². The molecule has 0 spiro atoms. The van der Waals surface area contributed by atoms with Gasteiger partial charge in [-0.2, -0.15) is 0 Å². The first kappa shape index (κ1) is 16.2. The number of aliphatic carboxylic acids is 1. The summed E-state index contributed by atoms with van der Waals surface area (Å²) < 4.78 is 0. The Morgan fingerprint density at radius 1 is 1.33 bits per heavy atom. The number of carboxylic acid groups (broad SMARTS) is 1. The smallest absolute Gasteiger partial charge is 0.308 e. The number of nitrogens with zero attached hydrogens (tertiary/aromatic N) is 3. The van der Waals surface area contributed by atoms with E-state index in [2.05, 4.69) is 15.3 Å². The van der Waals surface area contributed by atoms with Crippen LogP contribution in [0, 0.1) is 11.8 Å². The van der Waals surface area contributed by atoms with Gasteiger partial charge in [-0.3, -0.25) is 4.79 Å². The van der Waals surface area contributed by atoms with Gasteiger partial charge in [0, 0.05) is 25.3 Å². The van der Waals surface area contributed by atoms with E-state index < -0.39 is 5.97 Å². The lowest BCUT2D eigenvalue weighted by atomic mass is 10.0. The van der Waals surface area contributed by atoms with Gasteiger partial charge in [0.25, 0.3) is 0 Å². The molecule has 1 aliphatic carbocycles. The van der Waals surface area contributed by atoms with Crippen LogP contribution in [0.25, 0.3) is 0 Å². The van der Waals surface area contributed by atoms with Gasteiger partial charge in [-0.15, -0.1) is 0 Å². The lowest BCUT2D eigenvalue weighted by Crippen LogP contribution is -2.24. The highest BCUT2D eigenvalue weighted by molar-refractivity contribution is 5.71. The van der Waals surface area contributed by atoms with Crippen LogP contribution in [0.3, 0.4) is 0 Å². The van der Waals surface area contributed by atoms with Gasteiger partial charge in [0.1, 0.15) is 18.0 Å². The molecule has 24 heavy (non-hydrogen) atoms. The molecule has 3 rings (SSSR count). The van der Waals surface area contributed by atoms with E-state index in [9.17, 15) is 9.90 Å². The number of rotatable bonds is 8. The zero-order valence-corrected chi connectivity index (χ0v) is 13.7. The average molecular weight is 326 g/mol. The van der Waals surface area contributed by atoms with Crippen molar-refractivity contribution in [1.82, 2.24) is 9.97 Å². The van der Waals surface area contributed by atoms with Gasteiger partial charge in [-0.25, -0.2) is 9.97 Å². The van der Waals surface area contributed by atoms with E-state index in [4.69, 9.17) is 0 Å². The third-order valence-corrected chi connectivity index (χ3v) is 4.33. The van der Waals surface area contributed by atoms with Crippen LogP contribution < -0.4 is 10.2 Å². The van der Waals surface area contributed by atoms with Crippen molar-refractivity contribution in [3.8, 4) is 0 Å². The van der Waals surface area contributed by atoms with Gasteiger partial charge in [0.05, 0.1) is 5.92 Å². The fraction of sp³-hybridized carbons (Fsp3) is 0.389. The molecule has 126 valence electrons. The third kappa shape index (κ3) is 4.22. The molecule has 1 fully saturated rings. The van der Waals surface area contributed by atoms with Crippen LogP contribution in [-0.4, -0.2) is 34.6 Å². The molecule has 0 saturated heterocycles. The number of hydrogen-bond donors (Lipinski definition) is 2. The summed E-state index contributed by atoms with van der Waals surface area (Å²) in [5.74, 6) is 0.864. The summed E-state index contributed by atoms with van der Waals surface area (Å²) in [7, 11) is 1.94. The van der Waals surface area contributed by atoms with Gasteiger partial charge in [0.15, 0.2) is 0 Å². The number of anilines is 3. The van der Waals surface area contributed by atoms with Gasteiger partial charge in [0.2, 0.25) is 0 Å². The highest BCUT2D eigenvalue weighted by atomic mass is 16.4. The first-order chi connectivity index (χ1) is 11.6. The zero-order chi connectivity index (χ0) is 16.9. The van der Waals surface area contributed by atoms with Crippen LogP contribution in [0.1, 0.15) is 19.3 Å². The van der Waals surface area contributed by atoms with Crippen molar-refractivity contribution < 1.29 is 9.90 Å². The van der Waals surface area contributed by atoms with Crippen LogP contribution in [0.15, 0.2) is 42.7 Å². The number of benzene rings is 1. The molecule has 1 atom stereocenters. The quantitative estimate of drug-likeness (QED) is 0.776. The fourth-order valence-electron chi connectivity index (χ4n) is 2.67. The van der Waals surface area contributed by atoms with E-state index in [1.165, 1.54) is 6.33 Å². The van der Waals surface area contributed by atoms with Crippen molar-refractivity contribution in [2.45, 2.75) is 19.3 Å². The van der Waals surface area contributed by atoms with E-state index in [0.29, 0.717) is 18.3 Å². The van der Waals surface area contributed by atoms with Crippen molar-refractivity contribution in [2.24, 2.45) is 11.8 Å². The van der Waals surface area contributed by atoms with Crippen LogP contribution >= 0.6 is 0 Å². The Hall–Kier alpha value is -2.63. The predicted octanol–water partition coefficient (Wildman–Crippen LogP) is 3.16. The lowest BCUT2D eigenvalue weighted by Gasteiger charge is -2.19. The minimum absolute atomic E-state index is 0.372. The van der Waals surface area contributed by atoms with E-state index in [1.807, 2.05) is 48.3 Å². The van der Waals surface area contributed by atoms with Crippen molar-refractivity contribution in [3.05, 3.63) is 42.7 Å². The summed E-state index contributed by atoms with van der Waals surface area (Å²) in [4.78, 5) is 21.8. The first-order valence-corrected chi connectivity index (χ1v) is 8.21. The monoisotopic (exact) mass is 326 g/mol. The molecule has 6 nitrogen and oxygen atoms in total. The molecule has 2 N–H and O–H groups in total. The van der Waals surface area contributed by atoms with E-state index in [1.54, 1.807) is 0 Å². The number of nitrogens with one attached hydrogen (secondary N) is 1. The summed E-state index contributed by atoms with van der Waals surface area (Å²) in [6.07, 6.45) is 4.55. The second-order valence-electron chi connectivity index (χ2n) is 6.25. The Labute approximate surface area is 141 Å². The van der Waals surface area contributed by atoms with Crippen LogP contribution in [0.2, 0.25) is 0 Å². The van der Waals surface area contributed by atoms with Crippen LogP contribution in [-0.2, 0) is 4.79 Å². The zero-order valence-electron chi connectivity index (χ0n) is 13.7. The first-order valence-electron chi connectivity index (χ1n) is 8.21. The summed E-state index contributed by atoms with van der Waals surface area (Å²) in [6.45, 7) is 0.386. The number of carbonyl (C=O) groups is 1. The second-order valence-corrected chi connectivity index (χ2v) is 6.25. The Kier molecular flexibility index (Phi) is 4.93. The van der Waals surface area contributed by atoms with E-state index >= 15 is 0 Å². The Morgan fingerprint density at radius 3 is 2.75 bits per heavy atom. The summed E-state index contributed by atoms with van der Waals surface area (Å²) in [5, 5.41) is 12.5. The lowest BCUT2D eigenvalue weighted by molar-refractivity contribution is -0.141. The van der Waals surface area contributed by atoms with Crippen molar-refractivity contribution in [3.63, 3.8) is 0 Å². The molecular formula is C18H22N4O2. The van der Waals surface area contributed by atoms with E-state index in [-0.39, 0.29) is 5.92 Å². The third-order valence-electron chi connectivity index (χ3n) is 4.33. The number of carboxylic acids is 1. The molecule has 1 aromatic carbocycles. The SMILES string of the molecule is CN(c1ccccc1)c1cc(NCC(CC2CC2)C(=O)O)ncn1. The molecule has 1 heterocycles.